The lowest BCUT2D eigenvalue weighted by molar-refractivity contribution is -0.142. The van der Waals surface area contributed by atoms with Crippen molar-refractivity contribution in [3.05, 3.63) is 35.7 Å². The molecule has 146 valence electrons. The number of amides is 1. The first-order valence-corrected chi connectivity index (χ1v) is 9.99. The Kier molecular flexibility index (Phi) is 7.84. The van der Waals surface area contributed by atoms with Crippen molar-refractivity contribution in [3.8, 4) is 0 Å². The van der Waals surface area contributed by atoms with Crippen LogP contribution in [0.3, 0.4) is 0 Å². The third kappa shape index (κ3) is 6.09. The van der Waals surface area contributed by atoms with Crippen LogP contribution in [-0.4, -0.2) is 39.0 Å². The van der Waals surface area contributed by atoms with Crippen molar-refractivity contribution in [2.75, 3.05) is 17.7 Å². The number of benzene rings is 1. The molecule has 0 fully saturated rings. The fourth-order valence-electron chi connectivity index (χ4n) is 2.42. The minimum Gasteiger partial charge on any atom is -0.466 e. The maximum atomic E-state index is 12.2. The third-order valence-electron chi connectivity index (χ3n) is 4.24. The summed E-state index contributed by atoms with van der Waals surface area (Å²) in [5.74, 6) is 0.759. The van der Waals surface area contributed by atoms with Gasteiger partial charge in [0.05, 0.1) is 12.4 Å². The van der Waals surface area contributed by atoms with E-state index in [-0.39, 0.29) is 24.1 Å². The van der Waals surface area contributed by atoms with Crippen LogP contribution in [0.5, 0.6) is 0 Å². The van der Waals surface area contributed by atoms with E-state index in [0.717, 1.165) is 12.1 Å². The number of anilines is 1. The average molecular weight is 391 g/mol. The summed E-state index contributed by atoms with van der Waals surface area (Å²) in [5, 5.41) is 11.5. The molecule has 7 nitrogen and oxygen atoms in total. The van der Waals surface area contributed by atoms with Crippen molar-refractivity contribution in [2.45, 2.75) is 44.7 Å². The second-order valence-electron chi connectivity index (χ2n) is 6.21. The molecule has 0 bridgehead atoms. The van der Waals surface area contributed by atoms with Crippen molar-refractivity contribution < 1.29 is 14.3 Å². The molecule has 0 aliphatic carbocycles. The van der Waals surface area contributed by atoms with Crippen LogP contribution in [0.4, 0.5) is 5.69 Å². The molecule has 1 aromatic heterocycles. The van der Waals surface area contributed by atoms with E-state index in [1.807, 2.05) is 24.3 Å². The van der Waals surface area contributed by atoms with E-state index in [1.165, 1.54) is 17.3 Å². The number of carbonyl (C=O) groups excluding carboxylic acids is 2. The maximum Gasteiger partial charge on any atom is 0.313 e. The summed E-state index contributed by atoms with van der Waals surface area (Å²) < 4.78 is 6.62. The summed E-state index contributed by atoms with van der Waals surface area (Å²) in [5.41, 5.74) is 2.03. The number of aromatic nitrogens is 3. The van der Waals surface area contributed by atoms with Crippen molar-refractivity contribution in [1.29, 1.82) is 0 Å². The van der Waals surface area contributed by atoms with Crippen molar-refractivity contribution in [1.82, 2.24) is 14.8 Å². The predicted octanol–water partition coefficient (Wildman–Crippen LogP) is 3.17. The number of carbonyl (C=O) groups is 2. The fraction of sp³-hybridized carbons (Fsp3) is 0.474. The minimum atomic E-state index is -0.344. The molecule has 2 aromatic rings. The van der Waals surface area contributed by atoms with Gasteiger partial charge >= 0.3 is 5.97 Å². The Morgan fingerprint density at radius 3 is 2.56 bits per heavy atom. The van der Waals surface area contributed by atoms with Gasteiger partial charge in [0, 0.05) is 12.7 Å². The van der Waals surface area contributed by atoms with E-state index >= 15 is 0 Å². The number of esters is 1. The molecule has 0 radical (unpaired) electrons. The Labute approximate surface area is 163 Å². The molecule has 0 unspecified atom stereocenters. The molecule has 0 saturated heterocycles. The smallest absolute Gasteiger partial charge is 0.313 e. The SMILES string of the molecule is CCOC(=O)Cc1nnc(SCC(=O)Nc2ccc([C@H](C)CC)cc2)n1C. The van der Waals surface area contributed by atoms with Crippen LogP contribution in [0.2, 0.25) is 0 Å². The molecule has 0 aliphatic heterocycles. The second-order valence-corrected chi connectivity index (χ2v) is 7.15. The van der Waals surface area contributed by atoms with Gasteiger partial charge in [0.25, 0.3) is 0 Å². The van der Waals surface area contributed by atoms with Gasteiger partial charge in [0.2, 0.25) is 5.91 Å². The van der Waals surface area contributed by atoms with Crippen LogP contribution in [0.25, 0.3) is 0 Å². The maximum absolute atomic E-state index is 12.2. The zero-order chi connectivity index (χ0) is 19.8. The zero-order valence-electron chi connectivity index (χ0n) is 16.2. The number of thioether (sulfide) groups is 1. The Morgan fingerprint density at radius 1 is 1.22 bits per heavy atom. The fourth-order valence-corrected chi connectivity index (χ4v) is 3.15. The van der Waals surface area contributed by atoms with E-state index in [1.54, 1.807) is 18.5 Å². The molecule has 8 heteroatoms. The number of hydrogen-bond acceptors (Lipinski definition) is 6. The highest BCUT2D eigenvalue weighted by molar-refractivity contribution is 7.99. The number of nitrogens with zero attached hydrogens (tertiary/aromatic N) is 3. The molecule has 1 heterocycles. The van der Waals surface area contributed by atoms with Gasteiger partial charge in [-0.2, -0.15) is 0 Å². The zero-order valence-corrected chi connectivity index (χ0v) is 17.0. The van der Waals surface area contributed by atoms with Gasteiger partial charge < -0.3 is 14.6 Å². The second kappa shape index (κ2) is 10.1. The normalized spacial score (nSPS) is 11.9. The highest BCUT2D eigenvalue weighted by Gasteiger charge is 2.15. The molecule has 0 aliphatic rings. The molecule has 0 saturated carbocycles. The van der Waals surface area contributed by atoms with Crippen LogP contribution < -0.4 is 5.32 Å². The lowest BCUT2D eigenvalue weighted by atomic mass is 9.99. The first-order valence-electron chi connectivity index (χ1n) is 9.01. The first-order chi connectivity index (χ1) is 12.9. The van der Waals surface area contributed by atoms with Crippen LogP contribution in [-0.2, 0) is 27.8 Å². The van der Waals surface area contributed by atoms with E-state index in [4.69, 9.17) is 4.74 Å². The number of rotatable bonds is 9. The Balaban J connectivity index is 1.87. The van der Waals surface area contributed by atoms with Gasteiger partial charge in [-0.1, -0.05) is 37.7 Å². The largest absolute Gasteiger partial charge is 0.466 e. The topological polar surface area (TPSA) is 86.1 Å². The van der Waals surface area contributed by atoms with Gasteiger partial charge in [-0.05, 0) is 37.0 Å². The van der Waals surface area contributed by atoms with Crippen LogP contribution in [0, 0.1) is 0 Å². The van der Waals surface area contributed by atoms with Gasteiger partial charge in [-0.25, -0.2) is 0 Å². The number of ether oxygens (including phenoxy) is 1. The molecule has 1 amide bonds. The lowest BCUT2D eigenvalue weighted by Crippen LogP contribution is -2.15. The summed E-state index contributed by atoms with van der Waals surface area (Å²) in [4.78, 5) is 23.7. The quantitative estimate of drug-likeness (QED) is 0.523. The van der Waals surface area contributed by atoms with Crippen molar-refractivity contribution in [3.63, 3.8) is 0 Å². The van der Waals surface area contributed by atoms with Crippen LogP contribution >= 0.6 is 11.8 Å². The summed E-state index contributed by atoms with van der Waals surface area (Å²) in [7, 11) is 1.77. The molecule has 27 heavy (non-hydrogen) atoms. The van der Waals surface area contributed by atoms with Crippen molar-refractivity contribution in [2.24, 2.45) is 7.05 Å². The highest BCUT2D eigenvalue weighted by Crippen LogP contribution is 2.21. The van der Waals surface area contributed by atoms with Gasteiger partial charge in [0.15, 0.2) is 5.16 Å². The molecule has 1 aromatic carbocycles. The lowest BCUT2D eigenvalue weighted by Gasteiger charge is -2.10. The molecular formula is C19H26N4O3S. The Bertz CT molecular complexity index is 774. The Morgan fingerprint density at radius 2 is 1.93 bits per heavy atom. The first kappa shape index (κ1) is 21.0. The van der Waals surface area contributed by atoms with E-state index in [0.29, 0.717) is 23.5 Å². The molecule has 2 rings (SSSR count). The number of nitrogens with one attached hydrogen (secondary N) is 1. The molecule has 1 atom stereocenters. The van der Waals surface area contributed by atoms with Gasteiger partial charge in [0.1, 0.15) is 12.2 Å². The summed E-state index contributed by atoms with van der Waals surface area (Å²) >= 11 is 1.27. The minimum absolute atomic E-state index is 0.0621. The summed E-state index contributed by atoms with van der Waals surface area (Å²) in [6.07, 6.45) is 1.14. The third-order valence-corrected chi connectivity index (χ3v) is 5.26. The predicted molar refractivity (Wildman–Crippen MR) is 106 cm³/mol. The standard InChI is InChI=1S/C19H26N4O3S/c1-5-13(3)14-7-9-15(10-8-14)20-17(24)12-27-19-22-21-16(23(19)4)11-18(25)26-6-2/h7-10,13H,5-6,11-12H2,1-4H3,(H,20,24)/t13-/m1/s1. The highest BCUT2D eigenvalue weighted by atomic mass is 32.2. The molecule has 1 N–H and O–H groups in total. The Hall–Kier alpha value is -2.35. The molecule has 0 spiro atoms. The number of hydrogen-bond donors (Lipinski definition) is 1. The average Bonchev–Trinajstić information content (AvgIpc) is 3.00. The van der Waals surface area contributed by atoms with Crippen LogP contribution in [0.15, 0.2) is 29.4 Å². The molecular weight excluding hydrogens is 364 g/mol. The van der Waals surface area contributed by atoms with Gasteiger partial charge in [-0.15, -0.1) is 10.2 Å². The van der Waals surface area contributed by atoms with E-state index in [2.05, 4.69) is 29.4 Å². The van der Waals surface area contributed by atoms with Crippen molar-refractivity contribution >= 4 is 29.3 Å². The van der Waals surface area contributed by atoms with Crippen LogP contribution in [0.1, 0.15) is 44.5 Å². The van der Waals surface area contributed by atoms with E-state index in [9.17, 15) is 9.59 Å². The summed E-state index contributed by atoms with van der Waals surface area (Å²) in [6, 6.07) is 7.93. The monoisotopic (exact) mass is 390 g/mol. The van der Waals surface area contributed by atoms with Gasteiger partial charge in [-0.3, -0.25) is 9.59 Å². The van der Waals surface area contributed by atoms with E-state index < -0.39 is 0 Å². The summed E-state index contributed by atoms with van der Waals surface area (Å²) in [6.45, 7) is 6.42.